The molecule has 84 valence electrons. The van der Waals surface area contributed by atoms with Crippen LogP contribution in [0, 0.1) is 0 Å². The van der Waals surface area contributed by atoms with Crippen LogP contribution < -0.4 is 5.32 Å². The number of nitrogens with one attached hydrogen (secondary N) is 1. The van der Waals surface area contributed by atoms with Gasteiger partial charge < -0.3 is 10.1 Å². The molecular weight excluding hydrogens is 176 g/mol. The second-order valence-electron chi connectivity index (χ2n) is 4.29. The van der Waals surface area contributed by atoms with Crippen LogP contribution in [0.2, 0.25) is 0 Å². The molecule has 0 aromatic carbocycles. The first kappa shape index (κ1) is 12.0. The lowest BCUT2D eigenvalue weighted by Crippen LogP contribution is -2.55. The first-order valence-corrected chi connectivity index (χ1v) is 5.71. The van der Waals surface area contributed by atoms with Crippen LogP contribution in [-0.2, 0) is 4.74 Å². The molecule has 1 N–H and O–H groups in total. The summed E-state index contributed by atoms with van der Waals surface area (Å²) in [6, 6.07) is 1.36. The van der Waals surface area contributed by atoms with Crippen molar-refractivity contribution in [2.45, 2.75) is 38.8 Å². The third-order valence-corrected chi connectivity index (χ3v) is 3.03. The predicted octanol–water partition coefficient (Wildman–Crippen LogP) is 1.10. The molecule has 1 aliphatic heterocycles. The van der Waals surface area contributed by atoms with Gasteiger partial charge in [-0.25, -0.2) is 0 Å². The quantitative estimate of drug-likeness (QED) is 0.673. The van der Waals surface area contributed by atoms with Crippen LogP contribution in [0.1, 0.15) is 26.7 Å². The van der Waals surface area contributed by atoms with E-state index in [1.54, 1.807) is 7.11 Å². The molecule has 1 heterocycles. The van der Waals surface area contributed by atoms with Crippen molar-refractivity contribution >= 4 is 0 Å². The SMILES string of the molecule is COCCCCN1C(C)CNCC1C. The van der Waals surface area contributed by atoms with Gasteiger partial charge in [-0.3, -0.25) is 4.90 Å². The van der Waals surface area contributed by atoms with Crippen LogP contribution in [0.4, 0.5) is 0 Å². The molecule has 0 aromatic rings. The Morgan fingerprint density at radius 1 is 1.21 bits per heavy atom. The van der Waals surface area contributed by atoms with Gasteiger partial charge in [-0.05, 0) is 33.2 Å². The zero-order valence-corrected chi connectivity index (χ0v) is 9.75. The first-order valence-electron chi connectivity index (χ1n) is 5.71. The van der Waals surface area contributed by atoms with Crippen LogP contribution in [-0.4, -0.2) is 50.3 Å². The summed E-state index contributed by atoms with van der Waals surface area (Å²) < 4.78 is 5.05. The van der Waals surface area contributed by atoms with Crippen molar-refractivity contribution < 1.29 is 4.74 Å². The van der Waals surface area contributed by atoms with Gasteiger partial charge in [0.15, 0.2) is 0 Å². The topological polar surface area (TPSA) is 24.5 Å². The molecule has 3 heteroatoms. The van der Waals surface area contributed by atoms with E-state index in [0.717, 1.165) is 19.7 Å². The Hall–Kier alpha value is -0.120. The smallest absolute Gasteiger partial charge is 0.0462 e. The highest BCUT2D eigenvalue weighted by Crippen LogP contribution is 2.10. The zero-order valence-electron chi connectivity index (χ0n) is 9.75. The highest BCUT2D eigenvalue weighted by Gasteiger charge is 2.23. The summed E-state index contributed by atoms with van der Waals surface area (Å²) in [5, 5.41) is 3.45. The summed E-state index contributed by atoms with van der Waals surface area (Å²) >= 11 is 0. The maximum atomic E-state index is 5.05. The normalized spacial score (nSPS) is 29.4. The summed E-state index contributed by atoms with van der Waals surface area (Å²) in [6.07, 6.45) is 2.43. The van der Waals surface area contributed by atoms with E-state index in [1.165, 1.54) is 19.4 Å². The Balaban J connectivity index is 2.19. The van der Waals surface area contributed by atoms with E-state index >= 15 is 0 Å². The van der Waals surface area contributed by atoms with Crippen molar-refractivity contribution in [3.8, 4) is 0 Å². The number of methoxy groups -OCH3 is 1. The van der Waals surface area contributed by atoms with Crippen LogP contribution in [0.3, 0.4) is 0 Å². The number of nitrogens with zero attached hydrogens (tertiary/aromatic N) is 1. The molecular formula is C11H24N2O. The van der Waals surface area contributed by atoms with Gasteiger partial charge in [0, 0.05) is 38.9 Å². The minimum absolute atomic E-state index is 0.682. The lowest BCUT2D eigenvalue weighted by Gasteiger charge is -2.39. The number of hydrogen-bond acceptors (Lipinski definition) is 3. The third kappa shape index (κ3) is 3.56. The van der Waals surface area contributed by atoms with Gasteiger partial charge in [-0.2, -0.15) is 0 Å². The maximum absolute atomic E-state index is 5.05. The molecule has 0 aliphatic carbocycles. The van der Waals surface area contributed by atoms with Crippen LogP contribution in [0.25, 0.3) is 0 Å². The average Bonchev–Trinajstić information content (AvgIpc) is 2.16. The van der Waals surface area contributed by atoms with Gasteiger partial charge in [0.1, 0.15) is 0 Å². The minimum atomic E-state index is 0.682. The van der Waals surface area contributed by atoms with Crippen molar-refractivity contribution in [3.05, 3.63) is 0 Å². The van der Waals surface area contributed by atoms with Crippen molar-refractivity contribution in [1.29, 1.82) is 0 Å². The zero-order chi connectivity index (χ0) is 10.4. The molecule has 2 atom stereocenters. The molecule has 0 aromatic heterocycles. The number of hydrogen-bond donors (Lipinski definition) is 1. The minimum Gasteiger partial charge on any atom is -0.385 e. The predicted molar refractivity (Wildman–Crippen MR) is 59.6 cm³/mol. The molecule has 0 saturated carbocycles. The van der Waals surface area contributed by atoms with Gasteiger partial charge in [0.25, 0.3) is 0 Å². The molecule has 0 spiro atoms. The van der Waals surface area contributed by atoms with E-state index in [4.69, 9.17) is 4.74 Å². The molecule has 1 rings (SSSR count). The van der Waals surface area contributed by atoms with Gasteiger partial charge in [-0.1, -0.05) is 0 Å². The van der Waals surface area contributed by atoms with Crippen LogP contribution in [0.15, 0.2) is 0 Å². The number of rotatable bonds is 5. The second-order valence-corrected chi connectivity index (χ2v) is 4.29. The summed E-state index contributed by atoms with van der Waals surface area (Å²) in [5.41, 5.74) is 0. The molecule has 0 bridgehead atoms. The van der Waals surface area contributed by atoms with Crippen LogP contribution >= 0.6 is 0 Å². The van der Waals surface area contributed by atoms with Gasteiger partial charge >= 0.3 is 0 Å². The third-order valence-electron chi connectivity index (χ3n) is 3.03. The Morgan fingerprint density at radius 2 is 1.86 bits per heavy atom. The summed E-state index contributed by atoms with van der Waals surface area (Å²) in [7, 11) is 1.77. The van der Waals surface area contributed by atoms with E-state index in [0.29, 0.717) is 12.1 Å². The summed E-state index contributed by atoms with van der Waals surface area (Å²) in [5.74, 6) is 0. The van der Waals surface area contributed by atoms with Crippen molar-refractivity contribution in [2.24, 2.45) is 0 Å². The number of piperazine rings is 1. The summed E-state index contributed by atoms with van der Waals surface area (Å²) in [6.45, 7) is 8.99. The molecule has 0 amide bonds. The monoisotopic (exact) mass is 200 g/mol. The second kappa shape index (κ2) is 6.38. The standard InChI is InChI=1S/C11H24N2O/c1-10-8-12-9-11(2)13(10)6-4-5-7-14-3/h10-12H,4-9H2,1-3H3. The molecule has 0 radical (unpaired) electrons. The largest absolute Gasteiger partial charge is 0.385 e. The van der Waals surface area contributed by atoms with E-state index in [9.17, 15) is 0 Å². The Labute approximate surface area is 87.8 Å². The molecule has 1 fully saturated rings. The fraction of sp³-hybridized carbons (Fsp3) is 1.00. The van der Waals surface area contributed by atoms with Gasteiger partial charge in [0.05, 0.1) is 0 Å². The number of ether oxygens (including phenoxy) is 1. The van der Waals surface area contributed by atoms with Crippen molar-refractivity contribution in [2.75, 3.05) is 33.4 Å². The summed E-state index contributed by atoms with van der Waals surface area (Å²) in [4.78, 5) is 2.60. The fourth-order valence-electron chi connectivity index (χ4n) is 2.15. The van der Waals surface area contributed by atoms with Crippen molar-refractivity contribution in [3.63, 3.8) is 0 Å². The molecule has 2 unspecified atom stereocenters. The molecule has 1 aliphatic rings. The van der Waals surface area contributed by atoms with Gasteiger partial charge in [-0.15, -0.1) is 0 Å². The Morgan fingerprint density at radius 3 is 2.43 bits per heavy atom. The Kier molecular flexibility index (Phi) is 5.45. The average molecular weight is 200 g/mol. The van der Waals surface area contributed by atoms with Crippen LogP contribution in [0.5, 0.6) is 0 Å². The van der Waals surface area contributed by atoms with E-state index in [1.807, 2.05) is 0 Å². The van der Waals surface area contributed by atoms with Gasteiger partial charge in [0.2, 0.25) is 0 Å². The molecule has 3 nitrogen and oxygen atoms in total. The highest BCUT2D eigenvalue weighted by atomic mass is 16.5. The lowest BCUT2D eigenvalue weighted by atomic mass is 10.1. The molecule has 14 heavy (non-hydrogen) atoms. The van der Waals surface area contributed by atoms with E-state index in [-0.39, 0.29) is 0 Å². The number of unbranched alkanes of at least 4 members (excludes halogenated alkanes) is 1. The molecule has 1 saturated heterocycles. The maximum Gasteiger partial charge on any atom is 0.0462 e. The highest BCUT2D eigenvalue weighted by molar-refractivity contribution is 4.82. The Bertz CT molecular complexity index is 142. The lowest BCUT2D eigenvalue weighted by molar-refractivity contribution is 0.109. The fourth-order valence-corrected chi connectivity index (χ4v) is 2.15. The van der Waals surface area contributed by atoms with Crippen molar-refractivity contribution in [1.82, 2.24) is 10.2 Å². The van der Waals surface area contributed by atoms with E-state index < -0.39 is 0 Å². The first-order chi connectivity index (χ1) is 6.75. The van der Waals surface area contributed by atoms with E-state index in [2.05, 4.69) is 24.1 Å².